The molecule has 0 atom stereocenters. The number of esters is 1. The molecule has 82 valence electrons. The second-order valence-corrected chi connectivity index (χ2v) is 3.33. The zero-order valence-electron chi connectivity index (χ0n) is 8.82. The fourth-order valence-electron chi connectivity index (χ4n) is 1.34. The van der Waals surface area contributed by atoms with Gasteiger partial charge in [-0.3, -0.25) is 4.79 Å². The summed E-state index contributed by atoms with van der Waals surface area (Å²) >= 11 is 0. The Morgan fingerprint density at radius 1 is 1.36 bits per heavy atom. The largest absolute Gasteiger partial charge is 0.466 e. The fraction of sp³-hybridized carbons (Fsp3) is 0.900. The summed E-state index contributed by atoms with van der Waals surface area (Å²) in [4.78, 5) is 11.3. The molecule has 4 nitrogen and oxygen atoms in total. The molecule has 0 unspecified atom stereocenters. The third-order valence-electron chi connectivity index (χ3n) is 2.11. The van der Waals surface area contributed by atoms with Crippen LogP contribution in [0.5, 0.6) is 0 Å². The van der Waals surface area contributed by atoms with E-state index in [9.17, 15) is 4.79 Å². The molecule has 0 aliphatic carbocycles. The van der Waals surface area contributed by atoms with Crippen LogP contribution in [0.25, 0.3) is 0 Å². The van der Waals surface area contributed by atoms with Crippen molar-refractivity contribution in [3.8, 4) is 0 Å². The lowest BCUT2D eigenvalue weighted by molar-refractivity contribution is -0.211. The maximum absolute atomic E-state index is 11.3. The molecule has 1 heterocycles. The van der Waals surface area contributed by atoms with Crippen molar-refractivity contribution in [2.75, 3.05) is 19.8 Å². The molecule has 1 aliphatic heterocycles. The molecule has 1 aliphatic rings. The highest BCUT2D eigenvalue weighted by molar-refractivity contribution is 5.72. The first-order valence-electron chi connectivity index (χ1n) is 5.17. The van der Waals surface area contributed by atoms with Gasteiger partial charge in [-0.15, -0.1) is 0 Å². The first-order valence-corrected chi connectivity index (χ1v) is 5.17. The van der Waals surface area contributed by atoms with Gasteiger partial charge in [-0.1, -0.05) is 13.3 Å². The number of ether oxygens (including phenoxy) is 3. The zero-order valence-corrected chi connectivity index (χ0v) is 8.82. The van der Waals surface area contributed by atoms with Crippen molar-refractivity contribution in [2.24, 2.45) is 5.92 Å². The molecule has 0 radical (unpaired) electrons. The summed E-state index contributed by atoms with van der Waals surface area (Å²) < 4.78 is 15.6. The molecule has 14 heavy (non-hydrogen) atoms. The lowest BCUT2D eigenvalue weighted by Gasteiger charge is -2.27. The molecule has 4 heteroatoms. The molecule has 0 aromatic carbocycles. The minimum atomic E-state index is -0.247. The van der Waals surface area contributed by atoms with Crippen LogP contribution in [-0.4, -0.2) is 32.1 Å². The second kappa shape index (κ2) is 5.98. The fourth-order valence-corrected chi connectivity index (χ4v) is 1.34. The van der Waals surface area contributed by atoms with Crippen molar-refractivity contribution in [3.05, 3.63) is 0 Å². The molecule has 0 amide bonds. The van der Waals surface area contributed by atoms with Crippen LogP contribution in [0, 0.1) is 5.92 Å². The standard InChI is InChI=1S/C10H18O4/c1-3-5-9-13-6-8(7-14-9)10(11)12-4-2/h8-9H,3-7H2,1-2H3. The van der Waals surface area contributed by atoms with E-state index in [0.717, 1.165) is 12.8 Å². The van der Waals surface area contributed by atoms with E-state index in [1.165, 1.54) is 0 Å². The van der Waals surface area contributed by atoms with Gasteiger partial charge in [0.25, 0.3) is 0 Å². The van der Waals surface area contributed by atoms with E-state index in [2.05, 4.69) is 6.92 Å². The monoisotopic (exact) mass is 202 g/mol. The molecule has 0 aromatic rings. The smallest absolute Gasteiger partial charge is 0.313 e. The summed E-state index contributed by atoms with van der Waals surface area (Å²) in [6.45, 7) is 5.12. The average Bonchev–Trinajstić information content (AvgIpc) is 2.20. The average molecular weight is 202 g/mol. The van der Waals surface area contributed by atoms with Gasteiger partial charge in [-0.05, 0) is 13.3 Å². The maximum atomic E-state index is 11.3. The summed E-state index contributed by atoms with van der Waals surface area (Å²) in [5, 5.41) is 0. The second-order valence-electron chi connectivity index (χ2n) is 3.33. The minimum Gasteiger partial charge on any atom is -0.466 e. The number of carbonyl (C=O) groups is 1. The van der Waals surface area contributed by atoms with Gasteiger partial charge in [-0.2, -0.15) is 0 Å². The third kappa shape index (κ3) is 3.27. The summed E-state index contributed by atoms with van der Waals surface area (Å²) in [7, 11) is 0. The Morgan fingerprint density at radius 2 is 2.00 bits per heavy atom. The van der Waals surface area contributed by atoms with Crippen molar-refractivity contribution in [3.63, 3.8) is 0 Å². The molecule has 1 fully saturated rings. The molecule has 1 rings (SSSR count). The van der Waals surface area contributed by atoms with Crippen molar-refractivity contribution < 1.29 is 19.0 Å². The molecule has 0 N–H and O–H groups in total. The molecular formula is C10H18O4. The zero-order chi connectivity index (χ0) is 10.4. The Bertz CT molecular complexity index is 173. The van der Waals surface area contributed by atoms with Crippen molar-refractivity contribution >= 4 is 5.97 Å². The number of hydrogen-bond acceptors (Lipinski definition) is 4. The Labute approximate surface area is 84.5 Å². The van der Waals surface area contributed by atoms with Gasteiger partial charge >= 0.3 is 5.97 Å². The molecule has 0 aromatic heterocycles. The van der Waals surface area contributed by atoms with Gasteiger partial charge in [-0.25, -0.2) is 0 Å². The predicted molar refractivity (Wildman–Crippen MR) is 50.7 cm³/mol. The Balaban J connectivity index is 2.24. The summed E-state index contributed by atoms with van der Waals surface area (Å²) in [6.07, 6.45) is 1.77. The van der Waals surface area contributed by atoms with E-state index in [1.54, 1.807) is 6.92 Å². The van der Waals surface area contributed by atoms with Crippen molar-refractivity contribution in [1.29, 1.82) is 0 Å². The molecular weight excluding hydrogens is 184 g/mol. The summed E-state index contributed by atoms with van der Waals surface area (Å²) in [5.74, 6) is -0.467. The van der Waals surface area contributed by atoms with E-state index in [4.69, 9.17) is 14.2 Å². The number of hydrogen-bond donors (Lipinski definition) is 0. The normalized spacial score (nSPS) is 27.3. The van der Waals surface area contributed by atoms with Crippen LogP contribution in [0.15, 0.2) is 0 Å². The van der Waals surface area contributed by atoms with E-state index in [-0.39, 0.29) is 18.2 Å². The van der Waals surface area contributed by atoms with Crippen molar-refractivity contribution in [1.82, 2.24) is 0 Å². The summed E-state index contributed by atoms with van der Waals surface area (Å²) in [6, 6.07) is 0. The Hall–Kier alpha value is -0.610. The highest BCUT2D eigenvalue weighted by atomic mass is 16.7. The molecule has 0 saturated carbocycles. The van der Waals surface area contributed by atoms with Crippen LogP contribution < -0.4 is 0 Å². The van der Waals surface area contributed by atoms with Crippen molar-refractivity contribution in [2.45, 2.75) is 33.0 Å². The van der Waals surface area contributed by atoms with E-state index in [1.807, 2.05) is 0 Å². The Kier molecular flexibility index (Phi) is 4.90. The van der Waals surface area contributed by atoms with Crippen LogP contribution in [0.4, 0.5) is 0 Å². The minimum absolute atomic E-state index is 0.134. The lowest BCUT2D eigenvalue weighted by Crippen LogP contribution is -2.37. The summed E-state index contributed by atoms with van der Waals surface area (Å²) in [5.41, 5.74) is 0. The topological polar surface area (TPSA) is 44.8 Å². The van der Waals surface area contributed by atoms with Gasteiger partial charge in [0.2, 0.25) is 0 Å². The van der Waals surface area contributed by atoms with E-state index < -0.39 is 0 Å². The molecule has 0 bridgehead atoms. The van der Waals surface area contributed by atoms with Crippen LogP contribution in [0.1, 0.15) is 26.7 Å². The molecule has 0 spiro atoms. The van der Waals surface area contributed by atoms with Gasteiger partial charge in [0.15, 0.2) is 6.29 Å². The lowest BCUT2D eigenvalue weighted by atomic mass is 10.1. The van der Waals surface area contributed by atoms with Crippen LogP contribution >= 0.6 is 0 Å². The maximum Gasteiger partial charge on any atom is 0.313 e. The predicted octanol–water partition coefficient (Wildman–Crippen LogP) is 1.34. The first kappa shape index (κ1) is 11.5. The number of carbonyl (C=O) groups excluding carboxylic acids is 1. The SMILES string of the molecule is CCCC1OCC(C(=O)OCC)CO1. The van der Waals surface area contributed by atoms with Gasteiger partial charge in [0, 0.05) is 0 Å². The van der Waals surface area contributed by atoms with Gasteiger partial charge in [0.1, 0.15) is 5.92 Å². The molecule has 1 saturated heterocycles. The first-order chi connectivity index (χ1) is 6.77. The van der Waals surface area contributed by atoms with Gasteiger partial charge < -0.3 is 14.2 Å². The van der Waals surface area contributed by atoms with E-state index in [0.29, 0.717) is 19.8 Å². The van der Waals surface area contributed by atoms with Crippen LogP contribution in [0.3, 0.4) is 0 Å². The van der Waals surface area contributed by atoms with Crippen LogP contribution in [-0.2, 0) is 19.0 Å². The van der Waals surface area contributed by atoms with Crippen LogP contribution in [0.2, 0.25) is 0 Å². The highest BCUT2D eigenvalue weighted by Crippen LogP contribution is 2.15. The quantitative estimate of drug-likeness (QED) is 0.645. The highest BCUT2D eigenvalue weighted by Gasteiger charge is 2.27. The third-order valence-corrected chi connectivity index (χ3v) is 2.11. The Morgan fingerprint density at radius 3 is 2.50 bits per heavy atom. The van der Waals surface area contributed by atoms with Gasteiger partial charge in [0.05, 0.1) is 19.8 Å². The van der Waals surface area contributed by atoms with E-state index >= 15 is 0 Å². The number of rotatable bonds is 4.